The molecule has 1 aliphatic heterocycles. The molecule has 0 spiro atoms. The van der Waals surface area contributed by atoms with Crippen molar-refractivity contribution in [2.45, 2.75) is 40.2 Å². The predicted molar refractivity (Wildman–Crippen MR) is 51.8 cm³/mol. The van der Waals surface area contributed by atoms with Gasteiger partial charge in [-0.25, -0.2) is 0 Å². The van der Waals surface area contributed by atoms with Crippen LogP contribution < -0.4 is 0 Å². The Bertz CT molecular complexity index is 206. The van der Waals surface area contributed by atoms with Crippen molar-refractivity contribution < 1.29 is 4.74 Å². The zero-order valence-electron chi connectivity index (χ0n) is 8.42. The van der Waals surface area contributed by atoms with Gasteiger partial charge in [-0.05, 0) is 36.5 Å². The van der Waals surface area contributed by atoms with E-state index in [1.165, 1.54) is 5.57 Å². The summed E-state index contributed by atoms with van der Waals surface area (Å²) >= 11 is 0. The molecule has 0 fully saturated rings. The van der Waals surface area contributed by atoms with Gasteiger partial charge < -0.3 is 4.74 Å². The van der Waals surface area contributed by atoms with Crippen molar-refractivity contribution in [3.63, 3.8) is 0 Å². The van der Waals surface area contributed by atoms with Gasteiger partial charge in [-0.3, -0.25) is 0 Å². The highest BCUT2D eigenvalue weighted by atomic mass is 16.5. The molecule has 1 nitrogen and oxygen atoms in total. The molecule has 0 aromatic carbocycles. The van der Waals surface area contributed by atoms with E-state index >= 15 is 0 Å². The van der Waals surface area contributed by atoms with Gasteiger partial charge in [0.25, 0.3) is 0 Å². The van der Waals surface area contributed by atoms with E-state index < -0.39 is 0 Å². The summed E-state index contributed by atoms with van der Waals surface area (Å²) in [5, 5.41) is 0. The van der Waals surface area contributed by atoms with Crippen LogP contribution in [0.2, 0.25) is 0 Å². The van der Waals surface area contributed by atoms with Crippen molar-refractivity contribution >= 4 is 0 Å². The maximum absolute atomic E-state index is 5.27. The fourth-order valence-corrected chi connectivity index (χ4v) is 1.38. The van der Waals surface area contributed by atoms with E-state index in [9.17, 15) is 0 Å². The highest BCUT2D eigenvalue weighted by molar-refractivity contribution is 5.22. The maximum Gasteiger partial charge on any atom is 0.114 e. The Kier molecular flexibility index (Phi) is 2.61. The molecule has 0 saturated carbocycles. The molecule has 0 saturated heterocycles. The fourth-order valence-electron chi connectivity index (χ4n) is 1.38. The number of hydrogen-bond acceptors (Lipinski definition) is 1. The third kappa shape index (κ3) is 3.12. The van der Waals surface area contributed by atoms with E-state index in [2.05, 4.69) is 39.8 Å². The van der Waals surface area contributed by atoms with Crippen LogP contribution >= 0.6 is 0 Å². The molecule has 68 valence electrons. The van der Waals surface area contributed by atoms with Crippen LogP contribution in [0.4, 0.5) is 0 Å². The van der Waals surface area contributed by atoms with Crippen molar-refractivity contribution in [2.75, 3.05) is 0 Å². The third-order valence-corrected chi connectivity index (χ3v) is 1.76. The highest BCUT2D eigenvalue weighted by Gasteiger charge is 2.14. The van der Waals surface area contributed by atoms with Gasteiger partial charge in [-0.2, -0.15) is 0 Å². The molecule has 0 bridgehead atoms. The summed E-state index contributed by atoms with van der Waals surface area (Å²) in [4.78, 5) is 0. The largest absolute Gasteiger partial charge is 0.494 e. The predicted octanol–water partition coefficient (Wildman–Crippen LogP) is 3.28. The number of rotatable bonds is 1. The van der Waals surface area contributed by atoms with Crippen LogP contribution in [-0.4, -0.2) is 6.10 Å². The van der Waals surface area contributed by atoms with Gasteiger partial charge >= 0.3 is 0 Å². The molecule has 0 amide bonds. The highest BCUT2D eigenvalue weighted by Crippen LogP contribution is 2.26. The molecule has 1 aliphatic rings. The van der Waals surface area contributed by atoms with Gasteiger partial charge in [-0.1, -0.05) is 20.8 Å². The van der Waals surface area contributed by atoms with E-state index in [0.717, 1.165) is 6.42 Å². The minimum absolute atomic E-state index is 0.243. The van der Waals surface area contributed by atoms with Crippen molar-refractivity contribution in [3.05, 3.63) is 24.0 Å². The first-order valence-corrected chi connectivity index (χ1v) is 4.50. The summed E-state index contributed by atoms with van der Waals surface area (Å²) in [6.45, 7) is 8.82. The summed E-state index contributed by atoms with van der Waals surface area (Å²) in [5.41, 5.74) is 1.76. The Morgan fingerprint density at radius 2 is 2.08 bits per heavy atom. The molecule has 1 atom stereocenters. The lowest BCUT2D eigenvalue weighted by atomic mass is 9.87. The second kappa shape index (κ2) is 3.34. The minimum Gasteiger partial charge on any atom is -0.494 e. The van der Waals surface area contributed by atoms with Crippen LogP contribution in [0.3, 0.4) is 0 Å². The molecule has 1 unspecified atom stereocenters. The van der Waals surface area contributed by atoms with Gasteiger partial charge in [-0.15, -0.1) is 0 Å². The van der Waals surface area contributed by atoms with E-state index in [-0.39, 0.29) is 6.10 Å². The normalized spacial score (nSPS) is 23.3. The SMILES string of the molecule is CC1C=C(CC(C)(C)C)C=CO1. The molecule has 1 heteroatoms. The maximum atomic E-state index is 5.27. The van der Waals surface area contributed by atoms with Crippen molar-refractivity contribution in [3.8, 4) is 0 Å². The molecule has 0 radical (unpaired) electrons. The van der Waals surface area contributed by atoms with Crippen LogP contribution in [0.5, 0.6) is 0 Å². The van der Waals surface area contributed by atoms with Crippen molar-refractivity contribution in [1.82, 2.24) is 0 Å². The lowest BCUT2D eigenvalue weighted by Gasteiger charge is -2.21. The molecule has 0 aromatic heterocycles. The van der Waals surface area contributed by atoms with Gasteiger partial charge in [0.1, 0.15) is 6.10 Å². The van der Waals surface area contributed by atoms with Crippen LogP contribution in [0.15, 0.2) is 24.0 Å². The Labute approximate surface area is 75.1 Å². The summed E-state index contributed by atoms with van der Waals surface area (Å²) < 4.78 is 5.27. The minimum atomic E-state index is 0.243. The Hall–Kier alpha value is -0.720. The quantitative estimate of drug-likeness (QED) is 0.581. The molecule has 1 rings (SSSR count). The van der Waals surface area contributed by atoms with Gasteiger partial charge in [0.15, 0.2) is 0 Å². The average Bonchev–Trinajstić information content (AvgIpc) is 1.82. The second-order valence-electron chi connectivity index (χ2n) is 4.62. The molecule has 0 aliphatic carbocycles. The molecular formula is C11H18O. The summed E-state index contributed by atoms with van der Waals surface area (Å²) in [6.07, 6.45) is 7.41. The van der Waals surface area contributed by atoms with E-state index in [4.69, 9.17) is 4.74 Å². The summed E-state index contributed by atoms with van der Waals surface area (Å²) in [6, 6.07) is 0. The van der Waals surface area contributed by atoms with Crippen molar-refractivity contribution in [1.29, 1.82) is 0 Å². The molecule has 0 aromatic rings. The van der Waals surface area contributed by atoms with Crippen LogP contribution in [-0.2, 0) is 4.74 Å². The number of ether oxygens (including phenoxy) is 1. The van der Waals surface area contributed by atoms with Gasteiger partial charge in [0, 0.05) is 0 Å². The van der Waals surface area contributed by atoms with Crippen molar-refractivity contribution in [2.24, 2.45) is 5.41 Å². The van der Waals surface area contributed by atoms with Gasteiger partial charge in [0.05, 0.1) is 6.26 Å². The Morgan fingerprint density at radius 3 is 2.58 bits per heavy atom. The van der Waals surface area contributed by atoms with E-state index in [1.807, 2.05) is 0 Å². The monoisotopic (exact) mass is 166 g/mol. The first-order valence-electron chi connectivity index (χ1n) is 4.50. The Morgan fingerprint density at radius 1 is 1.42 bits per heavy atom. The topological polar surface area (TPSA) is 9.23 Å². The zero-order valence-corrected chi connectivity index (χ0v) is 8.42. The number of hydrogen-bond donors (Lipinski definition) is 0. The molecule has 1 heterocycles. The second-order valence-corrected chi connectivity index (χ2v) is 4.62. The lowest BCUT2D eigenvalue weighted by Crippen LogP contribution is -2.10. The standard InChI is InChI=1S/C11H18O/c1-9-7-10(5-6-12-9)8-11(2,3)4/h5-7,9H,8H2,1-4H3. The first kappa shape index (κ1) is 9.37. The van der Waals surface area contributed by atoms with E-state index in [1.54, 1.807) is 6.26 Å². The smallest absolute Gasteiger partial charge is 0.114 e. The third-order valence-electron chi connectivity index (χ3n) is 1.76. The average molecular weight is 166 g/mol. The summed E-state index contributed by atoms with van der Waals surface area (Å²) in [7, 11) is 0. The van der Waals surface area contributed by atoms with E-state index in [0.29, 0.717) is 5.41 Å². The van der Waals surface area contributed by atoms with Crippen LogP contribution in [0, 0.1) is 5.41 Å². The molecule has 0 N–H and O–H groups in total. The fraction of sp³-hybridized carbons (Fsp3) is 0.636. The lowest BCUT2D eigenvalue weighted by molar-refractivity contribution is 0.197. The molecule has 12 heavy (non-hydrogen) atoms. The molecular weight excluding hydrogens is 148 g/mol. The summed E-state index contributed by atoms with van der Waals surface area (Å²) in [5.74, 6) is 0. The Balaban J connectivity index is 2.58. The van der Waals surface area contributed by atoms with Crippen LogP contribution in [0.1, 0.15) is 34.1 Å². The van der Waals surface area contributed by atoms with Crippen LogP contribution in [0.25, 0.3) is 0 Å². The first-order chi connectivity index (χ1) is 5.47. The van der Waals surface area contributed by atoms with Gasteiger partial charge in [0.2, 0.25) is 0 Å². The zero-order chi connectivity index (χ0) is 9.19. The number of allylic oxidation sites excluding steroid dienone is 2.